The molecule has 2 rings (SSSR count). The molecule has 2 nitrogen and oxygen atoms in total. The van der Waals surface area contributed by atoms with Crippen molar-refractivity contribution < 1.29 is 4.79 Å². The summed E-state index contributed by atoms with van der Waals surface area (Å²) in [7, 11) is 0. The summed E-state index contributed by atoms with van der Waals surface area (Å²) in [5, 5.41) is 3.81. The molecular formula is C15H20ClNOS. The molecule has 0 saturated heterocycles. The number of amides is 1. The molecule has 0 spiro atoms. The molecule has 1 aliphatic rings. The average molecular weight is 298 g/mol. The first-order valence-electron chi connectivity index (χ1n) is 6.85. The summed E-state index contributed by atoms with van der Waals surface area (Å²) in [5.74, 6) is 2.46. The Kier molecular flexibility index (Phi) is 6.05. The number of carbonyl (C=O) groups is 1. The van der Waals surface area contributed by atoms with Gasteiger partial charge < -0.3 is 5.32 Å². The third-order valence-electron chi connectivity index (χ3n) is 3.45. The summed E-state index contributed by atoms with van der Waals surface area (Å²) in [6.45, 7) is 0.771. The van der Waals surface area contributed by atoms with E-state index in [-0.39, 0.29) is 11.8 Å². The van der Waals surface area contributed by atoms with Crippen molar-refractivity contribution >= 4 is 29.3 Å². The van der Waals surface area contributed by atoms with Crippen LogP contribution in [0.25, 0.3) is 0 Å². The minimum atomic E-state index is 0.254. The molecule has 0 aliphatic heterocycles. The lowest BCUT2D eigenvalue weighted by molar-refractivity contribution is -0.124. The maximum Gasteiger partial charge on any atom is 0.223 e. The topological polar surface area (TPSA) is 29.1 Å². The van der Waals surface area contributed by atoms with Crippen molar-refractivity contribution in [2.75, 3.05) is 12.3 Å². The highest BCUT2D eigenvalue weighted by molar-refractivity contribution is 7.98. The molecule has 1 fully saturated rings. The van der Waals surface area contributed by atoms with E-state index >= 15 is 0 Å². The summed E-state index contributed by atoms with van der Waals surface area (Å²) in [5.41, 5.74) is 1.27. The summed E-state index contributed by atoms with van der Waals surface area (Å²) in [4.78, 5) is 11.8. The fraction of sp³-hybridized carbons (Fsp3) is 0.533. The van der Waals surface area contributed by atoms with Crippen LogP contribution in [0.2, 0.25) is 5.02 Å². The molecule has 1 aromatic rings. The van der Waals surface area contributed by atoms with Gasteiger partial charge in [-0.1, -0.05) is 36.6 Å². The van der Waals surface area contributed by atoms with Gasteiger partial charge in [-0.15, -0.1) is 0 Å². The minimum Gasteiger partial charge on any atom is -0.355 e. The van der Waals surface area contributed by atoms with Crippen LogP contribution >= 0.6 is 23.4 Å². The van der Waals surface area contributed by atoms with Gasteiger partial charge in [0.1, 0.15) is 0 Å². The van der Waals surface area contributed by atoms with Crippen LogP contribution in [-0.4, -0.2) is 18.2 Å². The van der Waals surface area contributed by atoms with Crippen molar-refractivity contribution in [3.63, 3.8) is 0 Å². The lowest BCUT2D eigenvalue weighted by atomic mass is 10.1. The fourth-order valence-electron chi connectivity index (χ4n) is 2.35. The van der Waals surface area contributed by atoms with E-state index in [1.54, 1.807) is 0 Å². The molecule has 1 N–H and O–H groups in total. The maximum absolute atomic E-state index is 11.8. The maximum atomic E-state index is 11.8. The molecule has 0 unspecified atom stereocenters. The van der Waals surface area contributed by atoms with Gasteiger partial charge in [-0.25, -0.2) is 0 Å². The molecule has 0 heterocycles. The molecule has 0 bridgehead atoms. The van der Waals surface area contributed by atoms with Crippen LogP contribution in [-0.2, 0) is 10.5 Å². The smallest absolute Gasteiger partial charge is 0.223 e. The summed E-state index contributed by atoms with van der Waals surface area (Å²) >= 11 is 7.68. The normalized spacial score (nSPS) is 15.6. The molecular weight excluding hydrogens is 278 g/mol. The van der Waals surface area contributed by atoms with Crippen LogP contribution in [0.1, 0.15) is 31.2 Å². The van der Waals surface area contributed by atoms with Gasteiger partial charge in [-0.3, -0.25) is 4.79 Å². The minimum absolute atomic E-state index is 0.254. The van der Waals surface area contributed by atoms with Gasteiger partial charge in [0.2, 0.25) is 5.91 Å². The summed E-state index contributed by atoms with van der Waals surface area (Å²) in [6, 6.07) is 7.93. The van der Waals surface area contributed by atoms with Gasteiger partial charge in [-0.05, 0) is 30.5 Å². The predicted octanol–water partition coefficient (Wildman–Crippen LogP) is 3.88. The molecule has 1 amide bonds. The zero-order valence-corrected chi connectivity index (χ0v) is 12.6. The van der Waals surface area contributed by atoms with Crippen molar-refractivity contribution in [3.8, 4) is 0 Å². The number of halogens is 1. The third kappa shape index (κ3) is 5.07. The standard InChI is InChI=1S/C15H20ClNOS/c16-14-7-5-12(6-8-14)11-19-10-9-17-15(18)13-3-1-2-4-13/h5-8,13H,1-4,9-11H2,(H,17,18). The van der Waals surface area contributed by atoms with Crippen molar-refractivity contribution in [2.24, 2.45) is 5.92 Å². The first kappa shape index (κ1) is 14.7. The van der Waals surface area contributed by atoms with Crippen LogP contribution in [0.15, 0.2) is 24.3 Å². The largest absolute Gasteiger partial charge is 0.355 e. The summed E-state index contributed by atoms with van der Waals surface area (Å²) in [6.07, 6.45) is 4.57. The zero-order valence-electron chi connectivity index (χ0n) is 11.0. The molecule has 0 atom stereocenters. The molecule has 4 heteroatoms. The van der Waals surface area contributed by atoms with Gasteiger partial charge >= 0.3 is 0 Å². The van der Waals surface area contributed by atoms with Gasteiger partial charge in [0.05, 0.1) is 0 Å². The van der Waals surface area contributed by atoms with Crippen molar-refractivity contribution in [2.45, 2.75) is 31.4 Å². The first-order chi connectivity index (χ1) is 9.25. The highest BCUT2D eigenvalue weighted by atomic mass is 35.5. The quantitative estimate of drug-likeness (QED) is 0.807. The monoisotopic (exact) mass is 297 g/mol. The van der Waals surface area contributed by atoms with Crippen LogP contribution in [0.5, 0.6) is 0 Å². The molecule has 19 heavy (non-hydrogen) atoms. The van der Waals surface area contributed by atoms with Crippen LogP contribution in [0, 0.1) is 5.92 Å². The molecule has 1 aliphatic carbocycles. The number of carbonyl (C=O) groups excluding carboxylic acids is 1. The van der Waals surface area contributed by atoms with Crippen LogP contribution in [0.4, 0.5) is 0 Å². The Morgan fingerprint density at radius 2 is 1.95 bits per heavy atom. The second-order valence-corrected chi connectivity index (χ2v) is 6.49. The highest BCUT2D eigenvalue weighted by Gasteiger charge is 2.21. The van der Waals surface area contributed by atoms with E-state index in [0.29, 0.717) is 0 Å². The molecule has 104 valence electrons. The zero-order chi connectivity index (χ0) is 13.5. The SMILES string of the molecule is O=C(NCCSCc1ccc(Cl)cc1)C1CCCC1. The van der Waals surface area contributed by atoms with E-state index in [9.17, 15) is 4.79 Å². The molecule has 1 saturated carbocycles. The van der Waals surface area contributed by atoms with Crippen molar-refractivity contribution in [3.05, 3.63) is 34.9 Å². The number of nitrogens with one attached hydrogen (secondary N) is 1. The second kappa shape index (κ2) is 7.81. The Hall–Kier alpha value is -0.670. The molecule has 0 radical (unpaired) electrons. The highest BCUT2D eigenvalue weighted by Crippen LogP contribution is 2.24. The number of benzene rings is 1. The third-order valence-corrected chi connectivity index (χ3v) is 4.74. The average Bonchev–Trinajstić information content (AvgIpc) is 2.94. The number of rotatable bonds is 6. The van der Waals surface area contributed by atoms with Crippen molar-refractivity contribution in [1.29, 1.82) is 0 Å². The Morgan fingerprint density at radius 1 is 1.26 bits per heavy atom. The Bertz CT molecular complexity index is 401. The Morgan fingerprint density at radius 3 is 2.63 bits per heavy atom. The predicted molar refractivity (Wildman–Crippen MR) is 82.6 cm³/mol. The van der Waals surface area contributed by atoms with Gasteiger partial charge in [-0.2, -0.15) is 11.8 Å². The van der Waals surface area contributed by atoms with Gasteiger partial charge in [0, 0.05) is 29.0 Å². The molecule has 1 aromatic carbocycles. The molecule has 0 aromatic heterocycles. The van der Waals surface area contributed by atoms with E-state index in [1.807, 2.05) is 36.0 Å². The van der Waals surface area contributed by atoms with Crippen LogP contribution < -0.4 is 5.32 Å². The number of hydrogen-bond donors (Lipinski definition) is 1. The Balaban J connectivity index is 1.56. The van der Waals surface area contributed by atoms with Crippen molar-refractivity contribution in [1.82, 2.24) is 5.32 Å². The lowest BCUT2D eigenvalue weighted by Crippen LogP contribution is -2.31. The van der Waals surface area contributed by atoms with E-state index in [0.717, 1.165) is 35.9 Å². The van der Waals surface area contributed by atoms with E-state index < -0.39 is 0 Å². The van der Waals surface area contributed by atoms with Gasteiger partial charge in [0.25, 0.3) is 0 Å². The summed E-state index contributed by atoms with van der Waals surface area (Å²) < 4.78 is 0. The van der Waals surface area contributed by atoms with E-state index in [2.05, 4.69) is 5.32 Å². The van der Waals surface area contributed by atoms with E-state index in [1.165, 1.54) is 18.4 Å². The Labute approximate surface area is 124 Å². The van der Waals surface area contributed by atoms with E-state index in [4.69, 9.17) is 11.6 Å². The number of thioether (sulfide) groups is 1. The van der Waals surface area contributed by atoms with Gasteiger partial charge in [0.15, 0.2) is 0 Å². The fourth-order valence-corrected chi connectivity index (χ4v) is 3.29. The first-order valence-corrected chi connectivity index (χ1v) is 8.39. The second-order valence-electron chi connectivity index (χ2n) is 4.95. The van der Waals surface area contributed by atoms with Crippen LogP contribution in [0.3, 0.4) is 0 Å². The number of hydrogen-bond acceptors (Lipinski definition) is 2. The lowest BCUT2D eigenvalue weighted by Gasteiger charge is -2.10.